The number of likely N-dealkylation sites (N-methyl/N-ethyl adjacent to an activating group) is 1. The average molecular weight is 1000 g/mol. The van der Waals surface area contributed by atoms with Gasteiger partial charge in [-0.05, 0) is 51.4 Å². The largest absolute Gasteiger partial charge is 0.477 e. The molecule has 0 fully saturated rings. The lowest BCUT2D eigenvalue weighted by Gasteiger charge is -2.25. The molecule has 0 aromatic carbocycles. The van der Waals surface area contributed by atoms with E-state index in [9.17, 15) is 19.5 Å². The second-order valence-corrected chi connectivity index (χ2v) is 21.7. The van der Waals surface area contributed by atoms with Crippen molar-refractivity contribution < 1.29 is 42.9 Å². The Morgan fingerprint density at radius 1 is 0.423 bits per heavy atom. The SMILES string of the molecule is CCCCCCC/C=C\C/C=C\C/C=C\CCCCCCCCCCCCCCCCCCCCCCCCC(=O)OC(COC(=O)CCCCCCCCCCC)COC(OCC[N+](C)(C)C)C(=O)O. The number of quaternary nitrogens is 1. The Hall–Kier alpha value is -2.49. The summed E-state index contributed by atoms with van der Waals surface area (Å²) in [5, 5.41) is 9.66. The fraction of sp³-hybridized carbons (Fsp3) is 0.855. The maximum atomic E-state index is 12.8. The van der Waals surface area contributed by atoms with Crippen molar-refractivity contribution in [1.29, 1.82) is 0 Å². The monoisotopic (exact) mass is 1000 g/mol. The minimum atomic E-state index is -1.50. The van der Waals surface area contributed by atoms with Gasteiger partial charge in [-0.15, -0.1) is 0 Å². The minimum Gasteiger partial charge on any atom is -0.477 e. The molecule has 0 saturated heterocycles. The number of nitrogens with zero attached hydrogens (tertiary/aromatic N) is 1. The molecule has 0 aromatic rings. The number of rotatable bonds is 56. The number of unbranched alkanes of at least 4 members (excludes halogenated alkanes) is 35. The molecule has 0 aromatic heterocycles. The van der Waals surface area contributed by atoms with E-state index in [1.807, 2.05) is 21.1 Å². The predicted molar refractivity (Wildman–Crippen MR) is 300 cm³/mol. The highest BCUT2D eigenvalue weighted by molar-refractivity contribution is 5.71. The molecule has 0 bridgehead atoms. The number of carboxylic acid groups (broad SMARTS) is 1. The van der Waals surface area contributed by atoms with Crippen LogP contribution in [0.4, 0.5) is 0 Å². The first-order chi connectivity index (χ1) is 34.6. The molecule has 9 nitrogen and oxygen atoms in total. The van der Waals surface area contributed by atoms with Crippen molar-refractivity contribution >= 4 is 17.9 Å². The van der Waals surface area contributed by atoms with Gasteiger partial charge in [-0.3, -0.25) is 9.59 Å². The number of hydrogen-bond donors (Lipinski definition) is 1. The Kier molecular flexibility index (Phi) is 51.9. The van der Waals surface area contributed by atoms with Gasteiger partial charge < -0.3 is 28.5 Å². The lowest BCUT2D eigenvalue weighted by atomic mass is 10.0. The average Bonchev–Trinajstić information content (AvgIpc) is 3.34. The number of esters is 2. The molecule has 71 heavy (non-hydrogen) atoms. The molecule has 0 amide bonds. The van der Waals surface area contributed by atoms with Crippen LogP contribution in [0.15, 0.2) is 36.5 Å². The number of allylic oxidation sites excluding steroid dienone is 6. The number of carboxylic acids is 1. The molecular weight excluding hydrogens is 887 g/mol. The van der Waals surface area contributed by atoms with E-state index in [0.717, 1.165) is 51.4 Å². The van der Waals surface area contributed by atoms with Gasteiger partial charge in [0.15, 0.2) is 6.10 Å². The van der Waals surface area contributed by atoms with Gasteiger partial charge >= 0.3 is 17.9 Å². The van der Waals surface area contributed by atoms with Crippen LogP contribution in [0.3, 0.4) is 0 Å². The summed E-state index contributed by atoms with van der Waals surface area (Å²) in [5.41, 5.74) is 0. The fourth-order valence-electron chi connectivity index (χ4n) is 8.73. The summed E-state index contributed by atoms with van der Waals surface area (Å²) in [7, 11) is 5.97. The van der Waals surface area contributed by atoms with Gasteiger partial charge in [0.2, 0.25) is 0 Å². The van der Waals surface area contributed by atoms with Gasteiger partial charge in [-0.2, -0.15) is 0 Å². The van der Waals surface area contributed by atoms with E-state index in [1.165, 1.54) is 205 Å². The van der Waals surface area contributed by atoms with Crippen molar-refractivity contribution in [3.8, 4) is 0 Å². The number of hydrogen-bond acceptors (Lipinski definition) is 7. The maximum Gasteiger partial charge on any atom is 0.361 e. The first-order valence-corrected chi connectivity index (χ1v) is 30.2. The van der Waals surface area contributed by atoms with E-state index in [1.54, 1.807) is 0 Å². The van der Waals surface area contributed by atoms with Crippen LogP contribution in [-0.2, 0) is 33.3 Å². The number of ether oxygens (including phenoxy) is 4. The van der Waals surface area contributed by atoms with E-state index in [0.29, 0.717) is 17.4 Å². The van der Waals surface area contributed by atoms with Gasteiger partial charge in [0.05, 0.1) is 34.4 Å². The Morgan fingerprint density at radius 3 is 1.13 bits per heavy atom. The second kappa shape index (κ2) is 53.8. The molecule has 0 rings (SSSR count). The number of aliphatic carboxylic acids is 1. The molecule has 0 heterocycles. The Balaban J connectivity index is 3.91. The summed E-state index contributed by atoms with van der Waals surface area (Å²) >= 11 is 0. The smallest absolute Gasteiger partial charge is 0.361 e. The third kappa shape index (κ3) is 55.1. The second-order valence-electron chi connectivity index (χ2n) is 21.7. The summed E-state index contributed by atoms with van der Waals surface area (Å²) in [4.78, 5) is 37.2. The molecule has 0 aliphatic rings. The zero-order valence-electron chi connectivity index (χ0n) is 47.4. The van der Waals surface area contributed by atoms with Crippen LogP contribution in [0.5, 0.6) is 0 Å². The van der Waals surface area contributed by atoms with E-state index >= 15 is 0 Å². The summed E-state index contributed by atoms with van der Waals surface area (Å²) < 4.78 is 22.8. The van der Waals surface area contributed by atoms with E-state index in [4.69, 9.17) is 18.9 Å². The maximum absolute atomic E-state index is 12.8. The van der Waals surface area contributed by atoms with Crippen molar-refractivity contribution in [2.45, 2.75) is 296 Å². The number of carbonyl (C=O) groups is 3. The molecule has 2 atom stereocenters. The lowest BCUT2D eigenvalue weighted by molar-refractivity contribution is -0.870. The molecule has 0 aliphatic carbocycles. The summed E-state index contributed by atoms with van der Waals surface area (Å²) in [5.74, 6) is -1.99. The van der Waals surface area contributed by atoms with Crippen molar-refractivity contribution in [3.63, 3.8) is 0 Å². The molecule has 0 aliphatic heterocycles. The van der Waals surface area contributed by atoms with Crippen molar-refractivity contribution in [2.75, 3.05) is 47.5 Å². The van der Waals surface area contributed by atoms with Crippen LogP contribution in [0.1, 0.15) is 284 Å². The van der Waals surface area contributed by atoms with Gasteiger partial charge in [-0.1, -0.05) is 256 Å². The Bertz CT molecular complexity index is 1260. The topological polar surface area (TPSA) is 108 Å². The highest BCUT2D eigenvalue weighted by atomic mass is 16.7. The molecule has 0 radical (unpaired) electrons. The number of carbonyl (C=O) groups excluding carboxylic acids is 2. The lowest BCUT2D eigenvalue weighted by Crippen LogP contribution is -2.40. The molecule has 1 N–H and O–H groups in total. The van der Waals surface area contributed by atoms with Crippen LogP contribution in [0.25, 0.3) is 0 Å². The van der Waals surface area contributed by atoms with Crippen LogP contribution < -0.4 is 0 Å². The fourth-order valence-corrected chi connectivity index (χ4v) is 8.73. The summed E-state index contributed by atoms with van der Waals surface area (Å²) in [6.07, 6.45) is 62.7. The minimum absolute atomic E-state index is 0.177. The molecule has 9 heteroatoms. The van der Waals surface area contributed by atoms with E-state index < -0.39 is 18.4 Å². The molecular formula is C62H116NO8+. The van der Waals surface area contributed by atoms with Crippen LogP contribution in [0.2, 0.25) is 0 Å². The van der Waals surface area contributed by atoms with Gasteiger partial charge in [0.1, 0.15) is 13.2 Å². The standard InChI is InChI=1S/C62H115NO8/c1-6-8-10-12-14-16-17-18-19-20-21-22-23-24-25-26-27-28-29-30-31-32-33-34-35-36-37-38-39-40-41-42-43-45-47-49-51-53-60(65)71-58(57-70-62(61(66)67)68-55-54-63(3,4)5)56-69-59(64)52-50-48-46-44-15-13-11-9-7-2/h17-18,20-21,23-24,58,62H,6-16,19,22,25-57H2,1-5H3/p+1/b18-17-,21-20-,24-23-. The van der Waals surface area contributed by atoms with Crippen molar-refractivity contribution in [3.05, 3.63) is 36.5 Å². The molecule has 0 saturated carbocycles. The highest BCUT2D eigenvalue weighted by Gasteiger charge is 2.25. The van der Waals surface area contributed by atoms with Crippen molar-refractivity contribution in [2.24, 2.45) is 0 Å². The van der Waals surface area contributed by atoms with Crippen molar-refractivity contribution in [1.82, 2.24) is 0 Å². The third-order valence-electron chi connectivity index (χ3n) is 13.4. The Labute approximate surface area is 439 Å². The molecule has 2 unspecified atom stereocenters. The summed E-state index contributed by atoms with van der Waals surface area (Å²) in [6, 6.07) is 0. The first-order valence-electron chi connectivity index (χ1n) is 30.2. The van der Waals surface area contributed by atoms with E-state index in [2.05, 4.69) is 50.3 Å². The van der Waals surface area contributed by atoms with Gasteiger partial charge in [-0.25, -0.2) is 4.79 Å². The third-order valence-corrected chi connectivity index (χ3v) is 13.4. The van der Waals surface area contributed by atoms with Gasteiger partial charge in [0.25, 0.3) is 6.29 Å². The van der Waals surface area contributed by atoms with Gasteiger partial charge in [0, 0.05) is 12.8 Å². The van der Waals surface area contributed by atoms with Crippen LogP contribution in [-0.4, -0.2) is 87.4 Å². The summed E-state index contributed by atoms with van der Waals surface area (Å²) in [6.45, 7) is 4.87. The normalized spacial score (nSPS) is 13.0. The van der Waals surface area contributed by atoms with E-state index in [-0.39, 0.29) is 38.2 Å². The van der Waals surface area contributed by atoms with Crippen LogP contribution in [0, 0.1) is 0 Å². The quantitative estimate of drug-likeness (QED) is 0.0211. The predicted octanol–water partition coefficient (Wildman–Crippen LogP) is 17.7. The molecule has 0 spiro atoms. The zero-order chi connectivity index (χ0) is 52.0. The first kappa shape index (κ1) is 68.5. The zero-order valence-corrected chi connectivity index (χ0v) is 47.4. The molecule has 416 valence electrons. The van der Waals surface area contributed by atoms with Crippen LogP contribution >= 0.6 is 0 Å². The Morgan fingerprint density at radius 2 is 0.761 bits per heavy atom. The highest BCUT2D eigenvalue weighted by Crippen LogP contribution is 2.17.